The summed E-state index contributed by atoms with van der Waals surface area (Å²) in [5.74, 6) is -0.0720. The van der Waals surface area contributed by atoms with Crippen LogP contribution in [0.2, 0.25) is 0 Å². The number of nitrogens with zero attached hydrogens (tertiary/aromatic N) is 1. The number of hydrogen-bond acceptors (Lipinski definition) is 4. The van der Waals surface area contributed by atoms with E-state index in [2.05, 4.69) is 15.6 Å². The van der Waals surface area contributed by atoms with E-state index in [4.69, 9.17) is 4.74 Å². The maximum atomic E-state index is 12.5. The molecule has 1 heterocycles. The molecule has 25 heavy (non-hydrogen) atoms. The number of amides is 2. The fourth-order valence-corrected chi connectivity index (χ4v) is 2.99. The summed E-state index contributed by atoms with van der Waals surface area (Å²) in [5, 5.41) is 6.01. The van der Waals surface area contributed by atoms with Crippen molar-refractivity contribution in [1.29, 1.82) is 0 Å². The third kappa shape index (κ3) is 6.03. The Balaban J connectivity index is 1.81. The number of ether oxygens (including phenoxy) is 1. The summed E-state index contributed by atoms with van der Waals surface area (Å²) < 4.78 is 5.29. The van der Waals surface area contributed by atoms with Crippen LogP contribution in [-0.2, 0) is 4.74 Å². The molecule has 0 aromatic carbocycles. The fraction of sp³-hybridized carbons (Fsp3) is 0.632. The van der Waals surface area contributed by atoms with E-state index >= 15 is 0 Å². The summed E-state index contributed by atoms with van der Waals surface area (Å²) >= 11 is 0. The predicted octanol–water partition coefficient (Wildman–Crippen LogP) is 3.26. The average molecular weight is 347 g/mol. The van der Waals surface area contributed by atoms with Crippen molar-refractivity contribution in [2.75, 3.05) is 0 Å². The zero-order chi connectivity index (χ0) is 18.6. The highest BCUT2D eigenvalue weighted by atomic mass is 16.6. The number of aromatic nitrogens is 1. The van der Waals surface area contributed by atoms with Crippen molar-refractivity contribution < 1.29 is 14.3 Å². The molecule has 0 atom stereocenters. The van der Waals surface area contributed by atoms with E-state index in [-0.39, 0.29) is 24.1 Å². The SMILES string of the molecule is Cc1cnc(C)c(C(=O)NC2CCC(NC(=O)OC(C)(C)C)CC2)c1. The standard InChI is InChI=1S/C19H29N3O3/c1-12-10-16(13(2)20-11-12)17(23)21-14-6-8-15(9-7-14)22-18(24)25-19(3,4)5/h10-11,14-15H,6-9H2,1-5H3,(H,21,23)(H,22,24). The number of carbonyl (C=O) groups excluding carboxylic acids is 2. The molecule has 1 saturated carbocycles. The molecule has 0 radical (unpaired) electrons. The molecule has 1 aliphatic rings. The summed E-state index contributed by atoms with van der Waals surface area (Å²) in [6, 6.07) is 2.10. The number of nitrogens with one attached hydrogen (secondary N) is 2. The van der Waals surface area contributed by atoms with Crippen LogP contribution < -0.4 is 10.6 Å². The average Bonchev–Trinajstić information content (AvgIpc) is 2.49. The Kier molecular flexibility index (Phi) is 6.03. The molecule has 2 amide bonds. The van der Waals surface area contributed by atoms with Gasteiger partial charge in [0.05, 0.1) is 5.56 Å². The topological polar surface area (TPSA) is 80.3 Å². The second kappa shape index (κ2) is 7.85. The van der Waals surface area contributed by atoms with E-state index in [9.17, 15) is 9.59 Å². The lowest BCUT2D eigenvalue weighted by molar-refractivity contribution is 0.0488. The third-order valence-corrected chi connectivity index (χ3v) is 4.25. The number of rotatable bonds is 3. The van der Waals surface area contributed by atoms with Crippen LogP contribution in [0.3, 0.4) is 0 Å². The molecule has 1 aromatic heterocycles. The first-order chi connectivity index (χ1) is 11.6. The normalized spacial score (nSPS) is 20.7. The van der Waals surface area contributed by atoms with Gasteiger partial charge in [0.25, 0.3) is 5.91 Å². The summed E-state index contributed by atoms with van der Waals surface area (Å²) in [5.41, 5.74) is 1.85. The van der Waals surface area contributed by atoms with Crippen LogP contribution in [0.25, 0.3) is 0 Å². The van der Waals surface area contributed by atoms with Gasteiger partial charge < -0.3 is 15.4 Å². The summed E-state index contributed by atoms with van der Waals surface area (Å²) in [7, 11) is 0. The molecule has 2 N–H and O–H groups in total. The quantitative estimate of drug-likeness (QED) is 0.879. The minimum Gasteiger partial charge on any atom is -0.444 e. The first-order valence-corrected chi connectivity index (χ1v) is 8.87. The molecular formula is C19H29N3O3. The van der Waals surface area contributed by atoms with Crippen LogP contribution >= 0.6 is 0 Å². The van der Waals surface area contributed by atoms with E-state index in [1.54, 1.807) is 6.20 Å². The predicted molar refractivity (Wildman–Crippen MR) is 96.6 cm³/mol. The molecule has 6 heteroatoms. The maximum absolute atomic E-state index is 12.5. The van der Waals surface area contributed by atoms with Crippen LogP contribution in [0.1, 0.15) is 68.1 Å². The molecular weight excluding hydrogens is 318 g/mol. The second-order valence-corrected chi connectivity index (χ2v) is 7.81. The van der Waals surface area contributed by atoms with Crippen molar-refractivity contribution in [2.24, 2.45) is 0 Å². The van der Waals surface area contributed by atoms with E-state index in [0.29, 0.717) is 5.56 Å². The fourth-order valence-electron chi connectivity index (χ4n) is 2.99. The molecule has 1 fully saturated rings. The molecule has 0 bridgehead atoms. The number of alkyl carbamates (subject to hydrolysis) is 1. The van der Waals surface area contributed by atoms with Crippen molar-refractivity contribution in [3.8, 4) is 0 Å². The van der Waals surface area contributed by atoms with Gasteiger partial charge in [-0.15, -0.1) is 0 Å². The maximum Gasteiger partial charge on any atom is 0.407 e. The highest BCUT2D eigenvalue weighted by Gasteiger charge is 2.26. The van der Waals surface area contributed by atoms with Crippen LogP contribution in [-0.4, -0.2) is 34.7 Å². The van der Waals surface area contributed by atoms with Gasteiger partial charge in [0.1, 0.15) is 5.60 Å². The zero-order valence-corrected chi connectivity index (χ0v) is 15.8. The van der Waals surface area contributed by atoms with Crippen molar-refractivity contribution in [3.05, 3.63) is 29.1 Å². The molecule has 2 rings (SSSR count). The second-order valence-electron chi connectivity index (χ2n) is 7.81. The van der Waals surface area contributed by atoms with Gasteiger partial charge in [-0.3, -0.25) is 9.78 Å². The van der Waals surface area contributed by atoms with Crippen molar-refractivity contribution in [2.45, 2.75) is 78.0 Å². The van der Waals surface area contributed by atoms with Gasteiger partial charge in [0, 0.05) is 24.0 Å². The minimum atomic E-state index is -0.491. The molecule has 0 aliphatic heterocycles. The van der Waals surface area contributed by atoms with Gasteiger partial charge in [-0.05, 0) is 71.9 Å². The number of pyridine rings is 1. The van der Waals surface area contributed by atoms with Gasteiger partial charge in [-0.25, -0.2) is 4.79 Å². The molecule has 0 unspecified atom stereocenters. The largest absolute Gasteiger partial charge is 0.444 e. The number of carbonyl (C=O) groups is 2. The lowest BCUT2D eigenvalue weighted by Crippen LogP contribution is -2.45. The van der Waals surface area contributed by atoms with E-state index < -0.39 is 5.60 Å². The van der Waals surface area contributed by atoms with Gasteiger partial charge >= 0.3 is 6.09 Å². The monoisotopic (exact) mass is 347 g/mol. The Morgan fingerprint density at radius 3 is 2.20 bits per heavy atom. The minimum absolute atomic E-state index is 0.0720. The van der Waals surface area contributed by atoms with Crippen molar-refractivity contribution in [3.63, 3.8) is 0 Å². The Morgan fingerprint density at radius 2 is 1.64 bits per heavy atom. The van der Waals surface area contributed by atoms with E-state index in [0.717, 1.165) is 36.9 Å². The van der Waals surface area contributed by atoms with Crippen LogP contribution in [0.4, 0.5) is 4.79 Å². The lowest BCUT2D eigenvalue weighted by atomic mass is 9.91. The summed E-state index contributed by atoms with van der Waals surface area (Å²) in [4.78, 5) is 28.5. The number of aryl methyl sites for hydroxylation is 2. The van der Waals surface area contributed by atoms with Crippen LogP contribution in [0.5, 0.6) is 0 Å². The van der Waals surface area contributed by atoms with Crippen molar-refractivity contribution >= 4 is 12.0 Å². The summed E-state index contributed by atoms with van der Waals surface area (Å²) in [6.45, 7) is 9.32. The molecule has 138 valence electrons. The van der Waals surface area contributed by atoms with E-state index in [1.165, 1.54) is 0 Å². The summed E-state index contributed by atoms with van der Waals surface area (Å²) in [6.07, 6.45) is 4.72. The molecule has 0 saturated heterocycles. The Morgan fingerprint density at radius 1 is 1.08 bits per heavy atom. The van der Waals surface area contributed by atoms with Gasteiger partial charge in [0.2, 0.25) is 0 Å². The molecule has 1 aliphatic carbocycles. The number of hydrogen-bond donors (Lipinski definition) is 2. The Bertz CT molecular complexity index is 629. The first kappa shape index (κ1) is 19.2. The highest BCUT2D eigenvalue weighted by molar-refractivity contribution is 5.95. The highest BCUT2D eigenvalue weighted by Crippen LogP contribution is 2.20. The first-order valence-electron chi connectivity index (χ1n) is 8.87. The zero-order valence-electron chi connectivity index (χ0n) is 15.8. The van der Waals surface area contributed by atoms with Crippen LogP contribution in [0.15, 0.2) is 12.3 Å². The third-order valence-electron chi connectivity index (χ3n) is 4.25. The molecule has 0 spiro atoms. The smallest absolute Gasteiger partial charge is 0.407 e. The molecule has 1 aromatic rings. The van der Waals surface area contributed by atoms with Crippen LogP contribution in [0, 0.1) is 13.8 Å². The lowest BCUT2D eigenvalue weighted by Gasteiger charge is -2.30. The van der Waals surface area contributed by atoms with Gasteiger partial charge in [-0.1, -0.05) is 0 Å². The van der Waals surface area contributed by atoms with Gasteiger partial charge in [0.15, 0.2) is 0 Å². The van der Waals surface area contributed by atoms with Crippen molar-refractivity contribution in [1.82, 2.24) is 15.6 Å². The Hall–Kier alpha value is -2.11. The Labute approximate surface area is 149 Å². The van der Waals surface area contributed by atoms with Gasteiger partial charge in [-0.2, -0.15) is 0 Å². The van der Waals surface area contributed by atoms with E-state index in [1.807, 2.05) is 40.7 Å². The molecule has 6 nitrogen and oxygen atoms in total.